The molecule has 0 fully saturated rings. The number of benzene rings is 1. The number of methoxy groups -OCH3 is 1. The first-order valence-electron chi connectivity index (χ1n) is 7.49. The van der Waals surface area contributed by atoms with Gasteiger partial charge in [0.15, 0.2) is 5.41 Å². The molecule has 0 heterocycles. The number of aryl methyl sites for hydroxylation is 1. The summed E-state index contributed by atoms with van der Waals surface area (Å²) >= 11 is 0. The highest BCUT2D eigenvalue weighted by molar-refractivity contribution is 5.99. The monoisotopic (exact) mass is 306 g/mol. The Morgan fingerprint density at radius 3 is 2.68 bits per heavy atom. The van der Waals surface area contributed by atoms with Gasteiger partial charge in [0, 0.05) is 0 Å². The molecule has 0 radical (unpaired) electrons. The summed E-state index contributed by atoms with van der Waals surface area (Å²) in [5, 5.41) is 9.59. The van der Waals surface area contributed by atoms with Crippen LogP contribution in [0.1, 0.15) is 31.4 Å². The molecule has 1 aliphatic carbocycles. The first kappa shape index (κ1) is 16.3. The Kier molecular flexibility index (Phi) is 4.74. The van der Waals surface area contributed by atoms with Crippen molar-refractivity contribution in [3.63, 3.8) is 0 Å². The van der Waals surface area contributed by atoms with E-state index in [9.17, 15) is 14.7 Å². The SMILES string of the molecule is CCOC(=O)[C@](C)(C(=O)O)[C@H]1CCc2cc(OC)ccc2C1. The van der Waals surface area contributed by atoms with Crippen LogP contribution in [0.25, 0.3) is 0 Å². The average molecular weight is 306 g/mol. The van der Waals surface area contributed by atoms with E-state index in [2.05, 4.69) is 0 Å². The second-order valence-electron chi connectivity index (χ2n) is 5.80. The lowest BCUT2D eigenvalue weighted by molar-refractivity contribution is -0.172. The molecule has 22 heavy (non-hydrogen) atoms. The number of carbonyl (C=O) groups excluding carboxylic acids is 1. The van der Waals surface area contributed by atoms with Crippen molar-refractivity contribution < 1.29 is 24.2 Å². The molecule has 120 valence electrons. The van der Waals surface area contributed by atoms with E-state index < -0.39 is 17.4 Å². The third-order valence-electron chi connectivity index (χ3n) is 4.60. The van der Waals surface area contributed by atoms with Gasteiger partial charge >= 0.3 is 11.9 Å². The minimum absolute atomic E-state index is 0.183. The van der Waals surface area contributed by atoms with Gasteiger partial charge in [0.25, 0.3) is 0 Å². The van der Waals surface area contributed by atoms with Crippen LogP contribution in [0, 0.1) is 11.3 Å². The summed E-state index contributed by atoms with van der Waals surface area (Å²) in [5.74, 6) is -1.24. The normalized spacial score (nSPS) is 19.7. The fraction of sp³-hybridized carbons (Fsp3) is 0.529. The lowest BCUT2D eigenvalue weighted by Gasteiger charge is -2.35. The smallest absolute Gasteiger partial charge is 0.323 e. The highest BCUT2D eigenvalue weighted by Gasteiger charge is 2.50. The Balaban J connectivity index is 2.28. The summed E-state index contributed by atoms with van der Waals surface area (Å²) in [6.45, 7) is 3.34. The van der Waals surface area contributed by atoms with Crippen molar-refractivity contribution in [2.75, 3.05) is 13.7 Å². The van der Waals surface area contributed by atoms with Gasteiger partial charge < -0.3 is 14.6 Å². The topological polar surface area (TPSA) is 72.8 Å². The molecule has 0 amide bonds. The summed E-state index contributed by atoms with van der Waals surface area (Å²) in [7, 11) is 1.62. The van der Waals surface area contributed by atoms with E-state index in [-0.39, 0.29) is 12.5 Å². The Labute approximate surface area is 130 Å². The fourth-order valence-electron chi connectivity index (χ4n) is 3.06. The molecule has 2 rings (SSSR count). The van der Waals surface area contributed by atoms with Crippen LogP contribution in [0.3, 0.4) is 0 Å². The van der Waals surface area contributed by atoms with Crippen molar-refractivity contribution in [1.29, 1.82) is 0 Å². The zero-order chi connectivity index (χ0) is 16.3. The predicted octanol–water partition coefficient (Wildman–Crippen LogP) is 2.45. The van der Waals surface area contributed by atoms with E-state index in [1.54, 1.807) is 14.0 Å². The molecule has 0 spiro atoms. The third-order valence-corrected chi connectivity index (χ3v) is 4.60. The Bertz CT molecular complexity index is 580. The van der Waals surface area contributed by atoms with Crippen LogP contribution in [-0.4, -0.2) is 30.8 Å². The lowest BCUT2D eigenvalue weighted by Crippen LogP contribution is -2.46. The summed E-state index contributed by atoms with van der Waals surface area (Å²) < 4.78 is 10.2. The van der Waals surface area contributed by atoms with Crippen molar-refractivity contribution in [2.24, 2.45) is 11.3 Å². The number of hydrogen-bond acceptors (Lipinski definition) is 4. The largest absolute Gasteiger partial charge is 0.497 e. The molecule has 5 heteroatoms. The molecule has 0 aromatic heterocycles. The molecule has 0 bridgehead atoms. The van der Waals surface area contributed by atoms with Gasteiger partial charge in [-0.1, -0.05) is 6.07 Å². The summed E-state index contributed by atoms with van der Waals surface area (Å²) in [6.07, 6.45) is 1.93. The molecule has 1 N–H and O–H groups in total. The predicted molar refractivity (Wildman–Crippen MR) is 80.9 cm³/mol. The zero-order valence-electron chi connectivity index (χ0n) is 13.2. The first-order valence-corrected chi connectivity index (χ1v) is 7.49. The van der Waals surface area contributed by atoms with Crippen molar-refractivity contribution >= 4 is 11.9 Å². The van der Waals surface area contributed by atoms with E-state index >= 15 is 0 Å². The van der Waals surface area contributed by atoms with Crippen LogP contribution < -0.4 is 4.74 Å². The van der Waals surface area contributed by atoms with E-state index in [1.807, 2.05) is 18.2 Å². The second kappa shape index (κ2) is 6.38. The fourth-order valence-corrected chi connectivity index (χ4v) is 3.06. The van der Waals surface area contributed by atoms with Crippen LogP contribution in [0.15, 0.2) is 18.2 Å². The number of rotatable bonds is 5. The number of hydrogen-bond donors (Lipinski definition) is 1. The molecule has 1 aromatic carbocycles. The molecule has 0 aliphatic heterocycles. The molecule has 1 aliphatic rings. The maximum absolute atomic E-state index is 12.2. The van der Waals surface area contributed by atoms with Crippen LogP contribution in [0.2, 0.25) is 0 Å². The Morgan fingerprint density at radius 2 is 2.09 bits per heavy atom. The minimum Gasteiger partial charge on any atom is -0.497 e. The quantitative estimate of drug-likeness (QED) is 0.668. The molecule has 5 nitrogen and oxygen atoms in total. The van der Waals surface area contributed by atoms with Crippen LogP contribution in [0.4, 0.5) is 0 Å². The maximum Gasteiger partial charge on any atom is 0.323 e. The molecule has 2 atom stereocenters. The number of carboxylic acids is 1. The lowest BCUT2D eigenvalue weighted by atomic mass is 9.68. The van der Waals surface area contributed by atoms with Crippen LogP contribution in [0.5, 0.6) is 5.75 Å². The highest BCUT2D eigenvalue weighted by atomic mass is 16.5. The summed E-state index contributed by atoms with van der Waals surface area (Å²) in [6, 6.07) is 5.80. The molecule has 1 aromatic rings. The number of aliphatic carboxylic acids is 1. The van der Waals surface area contributed by atoms with Gasteiger partial charge in [-0.15, -0.1) is 0 Å². The van der Waals surface area contributed by atoms with Gasteiger partial charge in [-0.3, -0.25) is 9.59 Å². The first-order chi connectivity index (χ1) is 10.4. The van der Waals surface area contributed by atoms with Crippen LogP contribution in [-0.2, 0) is 27.2 Å². The number of carboxylic acid groups (broad SMARTS) is 1. The third kappa shape index (κ3) is 2.80. The van der Waals surface area contributed by atoms with Gasteiger partial charge in [-0.2, -0.15) is 0 Å². The van der Waals surface area contributed by atoms with Gasteiger partial charge in [0.1, 0.15) is 5.75 Å². The standard InChI is InChI=1S/C17H22O5/c1-4-22-16(20)17(2,15(18)19)13-7-5-12-10-14(21-3)8-6-11(12)9-13/h6,8,10,13H,4-5,7,9H2,1-3H3,(H,18,19)/t13-,17-/m0/s1. The van der Waals surface area contributed by atoms with Gasteiger partial charge in [-0.25, -0.2) is 0 Å². The van der Waals surface area contributed by atoms with E-state index in [1.165, 1.54) is 6.92 Å². The van der Waals surface area contributed by atoms with Gasteiger partial charge in [-0.05, 0) is 62.3 Å². The molecular weight excluding hydrogens is 284 g/mol. The second-order valence-corrected chi connectivity index (χ2v) is 5.80. The van der Waals surface area contributed by atoms with Gasteiger partial charge in [0.05, 0.1) is 13.7 Å². The van der Waals surface area contributed by atoms with Crippen LogP contribution >= 0.6 is 0 Å². The molecule has 0 saturated heterocycles. The number of fused-ring (bicyclic) bond motifs is 1. The maximum atomic E-state index is 12.2. The summed E-state index contributed by atoms with van der Waals surface area (Å²) in [4.78, 5) is 23.9. The highest BCUT2D eigenvalue weighted by Crippen LogP contribution is 2.40. The van der Waals surface area contributed by atoms with Crippen molar-refractivity contribution in [3.05, 3.63) is 29.3 Å². The van der Waals surface area contributed by atoms with Crippen molar-refractivity contribution in [2.45, 2.75) is 33.1 Å². The minimum atomic E-state index is -1.51. The van der Waals surface area contributed by atoms with E-state index in [0.717, 1.165) is 23.3 Å². The molecular formula is C17H22O5. The van der Waals surface area contributed by atoms with E-state index in [0.29, 0.717) is 12.8 Å². The summed E-state index contributed by atoms with van der Waals surface area (Å²) in [5.41, 5.74) is 0.731. The van der Waals surface area contributed by atoms with E-state index in [4.69, 9.17) is 9.47 Å². The molecule has 0 unspecified atom stereocenters. The van der Waals surface area contributed by atoms with Gasteiger partial charge in [0.2, 0.25) is 0 Å². The number of ether oxygens (including phenoxy) is 2. The van der Waals surface area contributed by atoms with Crippen molar-refractivity contribution in [3.8, 4) is 5.75 Å². The average Bonchev–Trinajstić information content (AvgIpc) is 2.52. The number of carbonyl (C=O) groups is 2. The Hall–Kier alpha value is -2.04. The molecule has 0 saturated carbocycles. The Morgan fingerprint density at radius 1 is 1.36 bits per heavy atom. The number of esters is 1. The zero-order valence-corrected chi connectivity index (χ0v) is 13.2. The van der Waals surface area contributed by atoms with Crippen molar-refractivity contribution in [1.82, 2.24) is 0 Å².